The van der Waals surface area contributed by atoms with E-state index in [2.05, 4.69) is 15.9 Å². The van der Waals surface area contributed by atoms with Gasteiger partial charge in [0.05, 0.1) is 0 Å². The maximum absolute atomic E-state index is 5.61. The summed E-state index contributed by atoms with van der Waals surface area (Å²) in [7, 11) is -0.176. The monoisotopic (exact) mass is 167 g/mol. The van der Waals surface area contributed by atoms with Crippen LogP contribution in [0.4, 0.5) is 0 Å². The summed E-state index contributed by atoms with van der Waals surface area (Å²) in [5, 5.41) is 0. The van der Waals surface area contributed by atoms with Gasteiger partial charge < -0.3 is 0 Å². The van der Waals surface area contributed by atoms with E-state index in [1.165, 1.54) is 0 Å². The molecule has 1 aliphatic rings. The van der Waals surface area contributed by atoms with Crippen LogP contribution in [-0.2, 0) is 9.31 Å². The van der Waals surface area contributed by atoms with Crippen molar-refractivity contribution in [1.82, 2.24) is 0 Å². The van der Waals surface area contributed by atoms with Crippen molar-refractivity contribution in [1.29, 1.82) is 0 Å². The summed E-state index contributed by atoms with van der Waals surface area (Å²) in [5.41, 5.74) is -0.407. The minimum atomic E-state index is -0.204. The van der Waals surface area contributed by atoms with Gasteiger partial charge in [0, 0.05) is 0 Å². The Kier molecular flexibility index (Phi) is 2.33. The molecule has 59 valence electrons. The molecule has 4 heteroatoms. The predicted molar refractivity (Wildman–Crippen MR) is 47.9 cm³/mol. The van der Waals surface area contributed by atoms with Crippen molar-refractivity contribution in [3.63, 3.8) is 0 Å². The van der Waals surface area contributed by atoms with Gasteiger partial charge in [-0.05, 0) is 0 Å². The zero-order chi connectivity index (χ0) is 8.70. The van der Waals surface area contributed by atoms with Crippen molar-refractivity contribution in [3.05, 3.63) is 0 Å². The van der Waals surface area contributed by atoms with Crippen LogP contribution in [0.3, 0.4) is 0 Å². The number of rotatable bonds is 1. The summed E-state index contributed by atoms with van der Waals surface area (Å²) in [6.07, 6.45) is 0. The van der Waals surface area contributed by atoms with E-state index < -0.39 is 0 Å². The Morgan fingerprint density at radius 3 is 1.64 bits per heavy atom. The van der Waals surface area contributed by atoms with E-state index in [1.807, 2.05) is 32.5 Å². The molecule has 1 radical (unpaired) electrons. The Bertz CT molecular complexity index is 163. The normalized spacial score (nSPS) is 27.0. The molecule has 0 unspecified atom stereocenters. The van der Waals surface area contributed by atoms with Gasteiger partial charge in [-0.15, -0.1) is 0 Å². The molecule has 1 rings (SSSR count). The van der Waals surface area contributed by atoms with Gasteiger partial charge in [-0.25, -0.2) is 0 Å². The van der Waals surface area contributed by atoms with Crippen LogP contribution in [0.15, 0.2) is 0 Å². The molecule has 1 aliphatic heterocycles. The molecular weight excluding hydrogens is 154 g/mol. The fraction of sp³-hybridized carbons (Fsp3) is 0.857. The second-order valence-corrected chi connectivity index (χ2v) is 4.20. The van der Waals surface area contributed by atoms with Crippen molar-refractivity contribution < 1.29 is 9.31 Å². The van der Waals surface area contributed by atoms with E-state index in [-0.39, 0.29) is 18.3 Å². The summed E-state index contributed by atoms with van der Waals surface area (Å²) in [4.78, 5) is 1.84. The first-order valence-corrected chi connectivity index (χ1v) is 4.46. The van der Waals surface area contributed by atoms with Gasteiger partial charge in [-0.2, -0.15) is 0 Å². The topological polar surface area (TPSA) is 18.5 Å². The Labute approximate surface area is 76.4 Å². The summed E-state index contributed by atoms with van der Waals surface area (Å²) >= 11 is 2.51. The van der Waals surface area contributed by atoms with Crippen LogP contribution in [-0.4, -0.2) is 39.0 Å². The van der Waals surface area contributed by atoms with Gasteiger partial charge in [-0.1, -0.05) is 0 Å². The molecule has 0 saturated carbocycles. The van der Waals surface area contributed by atoms with Gasteiger partial charge in [-0.3, -0.25) is 0 Å². The quantitative estimate of drug-likeness (QED) is 0.532. The zero-order valence-corrected chi connectivity index (χ0v) is 8.70. The number of hydrogen-bond acceptors (Lipinski definition) is 2. The van der Waals surface area contributed by atoms with E-state index in [1.54, 1.807) is 0 Å². The van der Waals surface area contributed by atoms with Crippen molar-refractivity contribution in [2.75, 3.05) is 0 Å². The Hall–Kier alpha value is 0.387. The first-order valence-electron chi connectivity index (χ1n) is 3.80. The molecule has 0 N–H and O–H groups in total. The molecule has 0 aromatic heterocycles. The summed E-state index contributed by atoms with van der Waals surface area (Å²) in [6.45, 7) is 8.17. The van der Waals surface area contributed by atoms with Gasteiger partial charge >= 0.3 is 76.0 Å². The predicted octanol–water partition coefficient (Wildman–Crippen LogP) is 0.588. The summed E-state index contributed by atoms with van der Waals surface area (Å²) < 4.78 is 11.2. The molecule has 1 fully saturated rings. The molecule has 0 spiro atoms. The molecule has 1 heterocycles. The van der Waals surface area contributed by atoms with Crippen LogP contribution in [0.5, 0.6) is 0 Å². The van der Waals surface area contributed by atoms with Crippen LogP contribution >= 0.6 is 0 Å². The molecule has 0 atom stereocenters. The summed E-state index contributed by atoms with van der Waals surface area (Å²) in [5.74, 6) is 0. The molecular formula is C7H13AlBO2. The van der Waals surface area contributed by atoms with Crippen molar-refractivity contribution in [2.24, 2.45) is 0 Å². The molecule has 11 heavy (non-hydrogen) atoms. The van der Waals surface area contributed by atoms with Crippen LogP contribution < -0.4 is 0 Å². The van der Waals surface area contributed by atoms with E-state index in [9.17, 15) is 0 Å². The fourth-order valence-corrected chi connectivity index (χ4v) is 1.12. The second-order valence-electron chi connectivity index (χ2n) is 3.82. The second kappa shape index (κ2) is 2.71. The fourth-order valence-electron chi connectivity index (χ4n) is 0.967. The zero-order valence-electron chi connectivity index (χ0n) is 7.55. The maximum atomic E-state index is 5.61. The molecule has 0 aromatic carbocycles. The first kappa shape index (κ1) is 9.48. The molecule has 0 aliphatic carbocycles. The first-order chi connectivity index (χ1) is 4.89. The minimum absolute atomic E-state index is 0.176. The summed E-state index contributed by atoms with van der Waals surface area (Å²) in [6, 6.07) is 0. The third-order valence-corrected chi connectivity index (χ3v) is 2.74. The molecule has 0 amide bonds. The Morgan fingerprint density at radius 2 is 1.45 bits per heavy atom. The SMILES string of the molecule is CC1(C)OB([CH]=[Al])OC1(C)C. The Morgan fingerprint density at radius 1 is 1.09 bits per heavy atom. The van der Waals surface area contributed by atoms with Gasteiger partial charge in [0.25, 0.3) is 0 Å². The van der Waals surface area contributed by atoms with E-state index in [0.717, 1.165) is 0 Å². The average molecular weight is 167 g/mol. The van der Waals surface area contributed by atoms with Crippen molar-refractivity contribution >= 4 is 27.8 Å². The van der Waals surface area contributed by atoms with Gasteiger partial charge in [0.2, 0.25) is 0 Å². The molecule has 0 aromatic rings. The third kappa shape index (κ3) is 1.60. The third-order valence-electron chi connectivity index (χ3n) is 2.43. The van der Waals surface area contributed by atoms with Gasteiger partial charge in [0.15, 0.2) is 0 Å². The Balaban J connectivity index is 2.79. The van der Waals surface area contributed by atoms with E-state index in [0.29, 0.717) is 0 Å². The van der Waals surface area contributed by atoms with Crippen LogP contribution in [0.2, 0.25) is 0 Å². The van der Waals surface area contributed by atoms with E-state index >= 15 is 0 Å². The van der Waals surface area contributed by atoms with Gasteiger partial charge in [0.1, 0.15) is 0 Å². The number of hydrogen-bond donors (Lipinski definition) is 0. The van der Waals surface area contributed by atoms with Crippen LogP contribution in [0.25, 0.3) is 0 Å². The standard InChI is InChI=1S/C7H13BO2.Al/c1-6(2)7(3,4)10-8(5)9-6;/h5H,1-4H3;. The van der Waals surface area contributed by atoms with Crippen LogP contribution in [0, 0.1) is 0 Å². The molecule has 2 nitrogen and oxygen atoms in total. The molecule has 0 bridgehead atoms. The van der Waals surface area contributed by atoms with Crippen LogP contribution in [0.1, 0.15) is 27.7 Å². The average Bonchev–Trinajstić information content (AvgIpc) is 2.03. The van der Waals surface area contributed by atoms with Crippen molar-refractivity contribution in [3.8, 4) is 0 Å². The molecule has 1 saturated heterocycles. The van der Waals surface area contributed by atoms with Crippen molar-refractivity contribution in [2.45, 2.75) is 38.9 Å². The van der Waals surface area contributed by atoms with E-state index in [4.69, 9.17) is 9.31 Å².